The molecule has 1 aromatic carbocycles. The van der Waals surface area contributed by atoms with E-state index >= 15 is 0 Å². The van der Waals surface area contributed by atoms with Crippen LogP contribution < -0.4 is 28.9 Å². The van der Waals surface area contributed by atoms with Gasteiger partial charge < -0.3 is 24.0 Å². The van der Waals surface area contributed by atoms with Crippen molar-refractivity contribution >= 4 is 23.1 Å². The first kappa shape index (κ1) is 14.8. The summed E-state index contributed by atoms with van der Waals surface area (Å²) in [7, 11) is 2.16. The number of benzene rings is 1. The van der Waals surface area contributed by atoms with Crippen LogP contribution in [0.2, 0.25) is 5.02 Å². The molecule has 0 atom stereocenters. The van der Waals surface area contributed by atoms with Crippen molar-refractivity contribution in [1.29, 1.82) is 0 Å². The summed E-state index contributed by atoms with van der Waals surface area (Å²) in [6, 6.07) is 8.08. The largest absolute Gasteiger partial charge is 1.00 e. The molecule has 17 heavy (non-hydrogen) atoms. The van der Waals surface area contributed by atoms with Gasteiger partial charge in [0.1, 0.15) is 18.8 Å². The Kier molecular flexibility index (Phi) is 5.25. The number of anilines is 1. The molecular formula is C13H18ClIN2. The fraction of sp³-hybridized carbons (Fsp3) is 0.462. The van der Waals surface area contributed by atoms with E-state index in [0.717, 1.165) is 18.1 Å². The van der Waals surface area contributed by atoms with Gasteiger partial charge in [-0.05, 0) is 24.3 Å². The van der Waals surface area contributed by atoms with Crippen molar-refractivity contribution in [2.24, 2.45) is 5.92 Å². The Labute approximate surface area is 125 Å². The molecule has 0 saturated heterocycles. The van der Waals surface area contributed by atoms with Gasteiger partial charge >= 0.3 is 0 Å². The minimum Gasteiger partial charge on any atom is -1.00 e. The van der Waals surface area contributed by atoms with Gasteiger partial charge in [0.2, 0.25) is 0 Å². The predicted molar refractivity (Wildman–Crippen MR) is 69.7 cm³/mol. The number of hydrogen-bond donors (Lipinski definition) is 0. The van der Waals surface area contributed by atoms with Crippen molar-refractivity contribution in [2.75, 3.05) is 25.0 Å². The van der Waals surface area contributed by atoms with Crippen molar-refractivity contribution < 1.29 is 28.6 Å². The van der Waals surface area contributed by atoms with Crippen molar-refractivity contribution in [1.82, 2.24) is 0 Å². The Morgan fingerprint density at radius 1 is 1.24 bits per heavy atom. The number of halogens is 2. The SMILES string of the molecule is CC(C)C1=[N+](C)CCN1c1ccc(Cl)cc1.[I-]. The zero-order valence-electron chi connectivity index (χ0n) is 10.5. The molecule has 1 heterocycles. The fourth-order valence-electron chi connectivity index (χ4n) is 2.32. The Morgan fingerprint density at radius 3 is 2.35 bits per heavy atom. The lowest BCUT2D eigenvalue weighted by atomic mass is 10.1. The molecule has 0 N–H and O–H groups in total. The third kappa shape index (κ3) is 3.13. The Balaban J connectivity index is 0.00000144. The standard InChI is InChI=1S/C13H18ClN2.HI/c1-10(2)13-15(3)8-9-16(13)12-6-4-11(14)5-7-12;/h4-7,10H,8-9H2,1-3H3;1H/q+1;/p-1. The van der Waals surface area contributed by atoms with E-state index in [0.29, 0.717) is 5.92 Å². The Bertz CT molecular complexity index is 412. The molecule has 1 aliphatic heterocycles. The van der Waals surface area contributed by atoms with Crippen LogP contribution in [0, 0.1) is 5.92 Å². The number of likely N-dealkylation sites (N-methyl/N-ethyl adjacent to an activating group) is 1. The second kappa shape index (κ2) is 6.05. The quantitative estimate of drug-likeness (QED) is 0.523. The fourth-order valence-corrected chi connectivity index (χ4v) is 2.45. The maximum atomic E-state index is 5.91. The molecule has 4 heteroatoms. The maximum absolute atomic E-state index is 5.91. The minimum absolute atomic E-state index is 0. The maximum Gasteiger partial charge on any atom is 0.254 e. The lowest BCUT2D eigenvalue weighted by Gasteiger charge is -2.15. The molecule has 0 aromatic heterocycles. The molecule has 2 rings (SSSR count). The smallest absolute Gasteiger partial charge is 0.254 e. The second-order valence-corrected chi connectivity index (χ2v) is 5.00. The first-order valence-electron chi connectivity index (χ1n) is 5.70. The molecule has 94 valence electrons. The van der Waals surface area contributed by atoms with Crippen LogP contribution >= 0.6 is 11.6 Å². The van der Waals surface area contributed by atoms with Crippen LogP contribution in [-0.2, 0) is 0 Å². The van der Waals surface area contributed by atoms with Crippen molar-refractivity contribution in [3.05, 3.63) is 29.3 Å². The summed E-state index contributed by atoms with van der Waals surface area (Å²) in [6.45, 7) is 6.63. The lowest BCUT2D eigenvalue weighted by Crippen LogP contribution is -3.00. The van der Waals surface area contributed by atoms with E-state index in [2.05, 4.69) is 42.5 Å². The van der Waals surface area contributed by atoms with Crippen molar-refractivity contribution in [3.63, 3.8) is 0 Å². The van der Waals surface area contributed by atoms with Crippen LogP contribution in [0.1, 0.15) is 13.8 Å². The van der Waals surface area contributed by atoms with E-state index in [1.165, 1.54) is 11.5 Å². The normalized spacial score (nSPS) is 15.5. The van der Waals surface area contributed by atoms with Gasteiger partial charge in [-0.15, -0.1) is 0 Å². The summed E-state index contributed by atoms with van der Waals surface area (Å²) in [5.41, 5.74) is 1.23. The molecule has 0 bridgehead atoms. The first-order chi connectivity index (χ1) is 7.59. The number of rotatable bonds is 2. The van der Waals surface area contributed by atoms with E-state index in [1.54, 1.807) is 0 Å². The van der Waals surface area contributed by atoms with Gasteiger partial charge in [-0.2, -0.15) is 0 Å². The second-order valence-electron chi connectivity index (χ2n) is 4.56. The first-order valence-corrected chi connectivity index (χ1v) is 6.08. The third-order valence-corrected chi connectivity index (χ3v) is 3.23. The Morgan fingerprint density at radius 2 is 1.82 bits per heavy atom. The Hall–Kier alpha value is -0.290. The molecule has 2 nitrogen and oxygen atoms in total. The van der Waals surface area contributed by atoms with E-state index in [4.69, 9.17) is 11.6 Å². The van der Waals surface area contributed by atoms with Crippen molar-refractivity contribution in [2.45, 2.75) is 13.8 Å². The molecule has 1 aromatic rings. The van der Waals surface area contributed by atoms with Crippen LogP contribution in [0.15, 0.2) is 24.3 Å². The van der Waals surface area contributed by atoms with Gasteiger partial charge in [0.25, 0.3) is 5.84 Å². The van der Waals surface area contributed by atoms with E-state index in [9.17, 15) is 0 Å². The molecule has 0 unspecified atom stereocenters. The average molecular weight is 365 g/mol. The van der Waals surface area contributed by atoms with Gasteiger partial charge in [0.05, 0.1) is 13.0 Å². The van der Waals surface area contributed by atoms with Gasteiger partial charge in [0.15, 0.2) is 0 Å². The number of nitrogens with zero attached hydrogens (tertiary/aromatic N) is 2. The summed E-state index contributed by atoms with van der Waals surface area (Å²) in [5, 5.41) is 0.794. The van der Waals surface area contributed by atoms with Crippen LogP contribution in [0.4, 0.5) is 5.69 Å². The highest BCUT2D eigenvalue weighted by molar-refractivity contribution is 6.30. The number of amidine groups is 1. The highest BCUT2D eigenvalue weighted by Gasteiger charge is 2.32. The van der Waals surface area contributed by atoms with Gasteiger partial charge in [-0.25, -0.2) is 4.90 Å². The topological polar surface area (TPSA) is 6.25 Å². The molecular weight excluding hydrogens is 347 g/mol. The molecule has 1 aliphatic rings. The highest BCUT2D eigenvalue weighted by Crippen LogP contribution is 2.22. The van der Waals surface area contributed by atoms with E-state index in [1.807, 2.05) is 12.1 Å². The van der Waals surface area contributed by atoms with E-state index < -0.39 is 0 Å². The van der Waals surface area contributed by atoms with Crippen LogP contribution in [-0.4, -0.2) is 30.5 Å². The van der Waals surface area contributed by atoms with Crippen molar-refractivity contribution in [3.8, 4) is 0 Å². The minimum atomic E-state index is 0. The summed E-state index contributed by atoms with van der Waals surface area (Å²) < 4.78 is 2.33. The summed E-state index contributed by atoms with van der Waals surface area (Å²) in [4.78, 5) is 2.38. The third-order valence-electron chi connectivity index (χ3n) is 2.98. The molecule has 0 saturated carbocycles. The van der Waals surface area contributed by atoms with Gasteiger partial charge in [-0.1, -0.05) is 25.4 Å². The van der Waals surface area contributed by atoms with E-state index in [-0.39, 0.29) is 24.0 Å². The summed E-state index contributed by atoms with van der Waals surface area (Å²) in [6.07, 6.45) is 0. The summed E-state index contributed by atoms with van der Waals surface area (Å²) in [5.74, 6) is 1.94. The number of hydrogen-bond acceptors (Lipinski definition) is 1. The predicted octanol–water partition coefficient (Wildman–Crippen LogP) is -0.139. The lowest BCUT2D eigenvalue weighted by molar-refractivity contribution is -0.488. The monoisotopic (exact) mass is 364 g/mol. The van der Waals surface area contributed by atoms with Gasteiger partial charge in [0, 0.05) is 5.02 Å². The highest BCUT2D eigenvalue weighted by atomic mass is 127. The molecule has 0 aliphatic carbocycles. The average Bonchev–Trinajstić information content (AvgIpc) is 2.61. The zero-order valence-corrected chi connectivity index (χ0v) is 13.4. The molecule has 0 amide bonds. The van der Waals surface area contributed by atoms with Crippen LogP contribution in [0.25, 0.3) is 0 Å². The molecule has 0 fully saturated rings. The van der Waals surface area contributed by atoms with Gasteiger partial charge in [-0.3, -0.25) is 4.58 Å². The van der Waals surface area contributed by atoms with Crippen LogP contribution in [0.3, 0.4) is 0 Å². The van der Waals surface area contributed by atoms with Crippen LogP contribution in [0.5, 0.6) is 0 Å². The molecule has 0 radical (unpaired) electrons. The molecule has 0 spiro atoms. The zero-order chi connectivity index (χ0) is 11.7. The summed E-state index contributed by atoms with van der Waals surface area (Å²) >= 11 is 5.91.